The summed E-state index contributed by atoms with van der Waals surface area (Å²) in [5.41, 5.74) is 0.517. The summed E-state index contributed by atoms with van der Waals surface area (Å²) in [6, 6.07) is 2.63. The van der Waals surface area contributed by atoms with Gasteiger partial charge in [0.25, 0.3) is 0 Å². The minimum atomic E-state index is -4.77. The average Bonchev–Trinajstić information content (AvgIpc) is 2.11. The molecule has 1 aromatic rings. The molecule has 0 bridgehead atoms. The van der Waals surface area contributed by atoms with Crippen molar-refractivity contribution < 1.29 is 23.0 Å². The first-order valence-electron chi connectivity index (χ1n) is 6.05. The first-order chi connectivity index (χ1) is 8.42. The number of halogens is 3. The van der Waals surface area contributed by atoms with Crippen LogP contribution in [0.25, 0.3) is 0 Å². The molecule has 0 saturated carbocycles. The van der Waals surface area contributed by atoms with E-state index >= 15 is 0 Å². The van der Waals surface area contributed by atoms with Gasteiger partial charge in [-0.1, -0.05) is 34.6 Å². The molecule has 0 aliphatic heterocycles. The molecule has 19 heavy (non-hydrogen) atoms. The predicted molar refractivity (Wildman–Crippen MR) is 67.6 cm³/mol. The maximum absolute atomic E-state index is 12.4. The first-order valence-corrected chi connectivity index (χ1v) is 6.05. The lowest BCUT2D eigenvalue weighted by Gasteiger charge is -2.25. The molecular weight excluding hydrogens is 257 g/mol. The maximum atomic E-state index is 12.4. The molecule has 0 aliphatic carbocycles. The molecule has 0 heterocycles. The zero-order valence-corrected chi connectivity index (χ0v) is 11.7. The number of phenolic OH excluding ortho intramolecular Hbond substituents is 1. The highest BCUT2D eigenvalue weighted by atomic mass is 19.4. The van der Waals surface area contributed by atoms with E-state index in [-0.39, 0.29) is 17.4 Å². The Morgan fingerprint density at radius 2 is 1.63 bits per heavy atom. The van der Waals surface area contributed by atoms with E-state index in [2.05, 4.69) is 4.74 Å². The molecule has 0 aromatic heterocycles. The van der Waals surface area contributed by atoms with Crippen LogP contribution < -0.4 is 4.74 Å². The smallest absolute Gasteiger partial charge is 0.508 e. The van der Waals surface area contributed by atoms with Crippen LogP contribution in [0.3, 0.4) is 0 Å². The number of rotatable bonds is 2. The quantitative estimate of drug-likeness (QED) is 0.847. The van der Waals surface area contributed by atoms with Crippen LogP contribution in [0.4, 0.5) is 13.2 Å². The van der Waals surface area contributed by atoms with Crippen molar-refractivity contribution in [1.29, 1.82) is 0 Å². The van der Waals surface area contributed by atoms with Crippen LogP contribution in [0.2, 0.25) is 0 Å². The number of hydrogen-bond donors (Lipinski definition) is 1. The van der Waals surface area contributed by atoms with Crippen LogP contribution in [0.15, 0.2) is 12.1 Å². The molecule has 108 valence electrons. The summed E-state index contributed by atoms with van der Waals surface area (Å²) in [6.07, 6.45) is -4.77. The summed E-state index contributed by atoms with van der Waals surface area (Å²) in [7, 11) is 0. The summed E-state index contributed by atoms with van der Waals surface area (Å²) in [5.74, 6) is -0.509. The third-order valence-corrected chi connectivity index (χ3v) is 2.78. The van der Waals surface area contributed by atoms with Crippen molar-refractivity contribution in [3.8, 4) is 11.5 Å². The van der Waals surface area contributed by atoms with Gasteiger partial charge in [0.15, 0.2) is 0 Å². The Bertz CT molecular complexity index is 457. The van der Waals surface area contributed by atoms with Crippen LogP contribution in [0, 0.1) is 0 Å². The summed E-state index contributed by atoms with van der Waals surface area (Å²) < 4.78 is 41.2. The van der Waals surface area contributed by atoms with Crippen molar-refractivity contribution in [3.05, 3.63) is 23.3 Å². The Morgan fingerprint density at radius 1 is 1.11 bits per heavy atom. The van der Waals surface area contributed by atoms with E-state index in [4.69, 9.17) is 0 Å². The molecule has 0 radical (unpaired) electrons. The second kappa shape index (κ2) is 4.94. The number of alkyl halides is 3. The molecule has 0 amide bonds. The van der Waals surface area contributed by atoms with Crippen molar-refractivity contribution >= 4 is 0 Å². The lowest BCUT2D eigenvalue weighted by Crippen LogP contribution is -2.21. The van der Waals surface area contributed by atoms with Crippen molar-refractivity contribution in [2.45, 2.75) is 52.3 Å². The van der Waals surface area contributed by atoms with E-state index in [0.717, 1.165) is 6.07 Å². The van der Waals surface area contributed by atoms with Crippen molar-refractivity contribution in [2.75, 3.05) is 0 Å². The Kier molecular flexibility index (Phi) is 4.08. The van der Waals surface area contributed by atoms with E-state index in [1.54, 1.807) is 26.8 Å². The Labute approximate surface area is 111 Å². The zero-order chi connectivity index (χ0) is 15.0. The highest BCUT2D eigenvalue weighted by Gasteiger charge is 2.34. The van der Waals surface area contributed by atoms with E-state index < -0.39 is 11.8 Å². The van der Waals surface area contributed by atoms with Gasteiger partial charge >= 0.3 is 6.36 Å². The lowest BCUT2D eigenvalue weighted by molar-refractivity contribution is -0.275. The maximum Gasteiger partial charge on any atom is 0.573 e. The second-order valence-electron chi connectivity index (χ2n) is 5.86. The molecule has 1 rings (SSSR count). The topological polar surface area (TPSA) is 29.5 Å². The largest absolute Gasteiger partial charge is 0.573 e. The van der Waals surface area contributed by atoms with Gasteiger partial charge in [0.2, 0.25) is 0 Å². The van der Waals surface area contributed by atoms with Crippen molar-refractivity contribution in [1.82, 2.24) is 0 Å². The van der Waals surface area contributed by atoms with Gasteiger partial charge in [-0.2, -0.15) is 0 Å². The van der Waals surface area contributed by atoms with Crippen LogP contribution in [0.5, 0.6) is 11.5 Å². The van der Waals surface area contributed by atoms with Gasteiger partial charge in [0.1, 0.15) is 11.5 Å². The third-order valence-electron chi connectivity index (χ3n) is 2.78. The van der Waals surface area contributed by atoms with Crippen molar-refractivity contribution in [2.24, 2.45) is 0 Å². The fraction of sp³-hybridized carbons (Fsp3) is 0.571. The fourth-order valence-electron chi connectivity index (χ4n) is 1.84. The zero-order valence-electron chi connectivity index (χ0n) is 11.7. The molecule has 0 unspecified atom stereocenters. The molecule has 1 N–H and O–H groups in total. The number of phenols is 1. The molecule has 5 heteroatoms. The Balaban J connectivity index is 3.41. The summed E-state index contributed by atoms with van der Waals surface area (Å²) in [4.78, 5) is 0. The van der Waals surface area contributed by atoms with Gasteiger partial charge in [-0.25, -0.2) is 0 Å². The molecule has 0 saturated heterocycles. The monoisotopic (exact) mass is 276 g/mol. The fourth-order valence-corrected chi connectivity index (χ4v) is 1.84. The lowest BCUT2D eigenvalue weighted by atomic mass is 9.84. The first kappa shape index (κ1) is 15.7. The van der Waals surface area contributed by atoms with Crippen LogP contribution >= 0.6 is 0 Å². The van der Waals surface area contributed by atoms with Crippen molar-refractivity contribution in [3.63, 3.8) is 0 Å². The van der Waals surface area contributed by atoms with Gasteiger partial charge < -0.3 is 9.84 Å². The highest BCUT2D eigenvalue weighted by molar-refractivity contribution is 5.49. The van der Waals surface area contributed by atoms with Crippen LogP contribution in [-0.2, 0) is 5.41 Å². The SMILES string of the molecule is CC(C)c1cc(C(C)(C)C)c(OC(F)(F)F)cc1O. The number of benzene rings is 1. The minimum Gasteiger partial charge on any atom is -0.508 e. The van der Waals surface area contributed by atoms with Gasteiger partial charge in [0.05, 0.1) is 0 Å². The minimum absolute atomic E-state index is 0.0148. The van der Waals surface area contributed by atoms with E-state index in [1.165, 1.54) is 0 Å². The number of aromatic hydroxyl groups is 1. The van der Waals surface area contributed by atoms with Crippen LogP contribution in [0.1, 0.15) is 51.7 Å². The van der Waals surface area contributed by atoms with E-state index in [1.807, 2.05) is 13.8 Å². The molecule has 1 aromatic carbocycles. The van der Waals surface area contributed by atoms with Gasteiger partial charge in [0, 0.05) is 11.6 Å². The summed E-state index contributed by atoms with van der Waals surface area (Å²) >= 11 is 0. The predicted octanol–water partition coefficient (Wildman–Crippen LogP) is 4.71. The standard InChI is InChI=1S/C14H19F3O2/c1-8(2)9-6-10(13(3,4)5)12(7-11(9)18)19-14(15,16)17/h6-8,18H,1-5H3. The van der Waals surface area contributed by atoms with E-state index in [9.17, 15) is 18.3 Å². The Morgan fingerprint density at radius 3 is 2.00 bits per heavy atom. The molecule has 2 nitrogen and oxygen atoms in total. The van der Waals surface area contributed by atoms with Gasteiger partial charge in [-0.15, -0.1) is 13.2 Å². The average molecular weight is 276 g/mol. The number of hydrogen-bond acceptors (Lipinski definition) is 2. The molecule has 0 atom stereocenters. The van der Waals surface area contributed by atoms with Gasteiger partial charge in [-0.05, 0) is 23.0 Å². The normalized spacial score (nSPS) is 12.9. The van der Waals surface area contributed by atoms with Crippen LogP contribution in [-0.4, -0.2) is 11.5 Å². The molecule has 0 fully saturated rings. The summed E-state index contributed by atoms with van der Waals surface area (Å²) in [5, 5.41) is 9.80. The summed E-state index contributed by atoms with van der Waals surface area (Å²) in [6.45, 7) is 9.13. The number of ether oxygens (including phenoxy) is 1. The van der Waals surface area contributed by atoms with E-state index in [0.29, 0.717) is 11.1 Å². The molecular formula is C14H19F3O2. The Hall–Kier alpha value is -1.39. The molecule has 0 spiro atoms. The molecule has 0 aliphatic rings. The van der Waals surface area contributed by atoms with Gasteiger partial charge in [-0.3, -0.25) is 0 Å². The highest BCUT2D eigenvalue weighted by Crippen LogP contribution is 2.40. The third kappa shape index (κ3) is 4.04. The second-order valence-corrected chi connectivity index (χ2v) is 5.86.